The molecular weight excluding hydrogens is 188 g/mol. The number of ether oxygens (including phenoxy) is 1. The van der Waals surface area contributed by atoms with Gasteiger partial charge in [0, 0.05) is 0 Å². The topological polar surface area (TPSA) is 46.5 Å². The number of hydrogen-bond acceptors (Lipinski definition) is 2. The van der Waals surface area contributed by atoms with Crippen molar-refractivity contribution < 1.29 is 14.6 Å². The van der Waals surface area contributed by atoms with Gasteiger partial charge in [0.2, 0.25) is 0 Å². The van der Waals surface area contributed by atoms with E-state index in [1.54, 1.807) is 0 Å². The molecule has 0 fully saturated rings. The summed E-state index contributed by atoms with van der Waals surface area (Å²) in [5, 5.41) is 7.92. The third kappa shape index (κ3) is 11.4. The highest BCUT2D eigenvalue weighted by atomic mass is 79.9. The first kappa shape index (κ1) is 11.5. The minimum Gasteiger partial charge on any atom is -0.450 e. The summed E-state index contributed by atoms with van der Waals surface area (Å²) in [5.74, 6) is 0. The third-order valence-electron chi connectivity index (χ3n) is 0.723. The molecule has 0 amide bonds. The summed E-state index contributed by atoms with van der Waals surface area (Å²) in [4.78, 5) is 9.65. The fourth-order valence-electron chi connectivity index (χ4n) is 0.304. The van der Waals surface area contributed by atoms with Crippen molar-refractivity contribution in [3.63, 3.8) is 0 Å². The molecular formula is C5H11BrO3. The van der Waals surface area contributed by atoms with Crippen LogP contribution in [0.1, 0.15) is 19.8 Å². The summed E-state index contributed by atoms with van der Waals surface area (Å²) in [6, 6.07) is 0. The summed E-state index contributed by atoms with van der Waals surface area (Å²) in [6.45, 7) is 2.30. The van der Waals surface area contributed by atoms with Crippen LogP contribution in [0.25, 0.3) is 0 Å². The minimum atomic E-state index is -1.18. The number of hydrogen-bond donors (Lipinski definition) is 1. The Morgan fingerprint density at radius 3 is 2.56 bits per heavy atom. The Hall–Kier alpha value is -0.250. The first-order valence-electron chi connectivity index (χ1n) is 2.63. The largest absolute Gasteiger partial charge is 0.505 e. The zero-order valence-electron chi connectivity index (χ0n) is 5.29. The van der Waals surface area contributed by atoms with Gasteiger partial charge in [0.15, 0.2) is 0 Å². The lowest BCUT2D eigenvalue weighted by Gasteiger charge is -1.94. The highest BCUT2D eigenvalue weighted by Gasteiger charge is 1.91. The summed E-state index contributed by atoms with van der Waals surface area (Å²) >= 11 is 0. The zero-order chi connectivity index (χ0) is 6.41. The van der Waals surface area contributed by atoms with Gasteiger partial charge >= 0.3 is 6.16 Å². The Balaban J connectivity index is 0. The smallest absolute Gasteiger partial charge is 0.450 e. The molecule has 4 heteroatoms. The molecule has 56 valence electrons. The molecule has 0 bridgehead atoms. The van der Waals surface area contributed by atoms with Crippen LogP contribution in [-0.2, 0) is 4.74 Å². The highest BCUT2D eigenvalue weighted by molar-refractivity contribution is 8.93. The quantitative estimate of drug-likeness (QED) is 0.558. The van der Waals surface area contributed by atoms with Crippen LogP contribution in [0.5, 0.6) is 0 Å². The highest BCUT2D eigenvalue weighted by Crippen LogP contribution is 1.86. The summed E-state index contributed by atoms with van der Waals surface area (Å²) in [6.07, 6.45) is 0.595. The molecule has 0 aromatic carbocycles. The lowest BCUT2D eigenvalue weighted by atomic mass is 10.4. The molecule has 0 aliphatic rings. The Morgan fingerprint density at radius 1 is 1.67 bits per heavy atom. The van der Waals surface area contributed by atoms with Crippen LogP contribution in [-0.4, -0.2) is 17.9 Å². The number of carbonyl (C=O) groups is 1. The normalized spacial score (nSPS) is 7.67. The van der Waals surface area contributed by atoms with Gasteiger partial charge < -0.3 is 9.84 Å². The van der Waals surface area contributed by atoms with Crippen molar-refractivity contribution >= 4 is 23.1 Å². The second kappa shape index (κ2) is 7.75. The van der Waals surface area contributed by atoms with E-state index in [1.165, 1.54) is 0 Å². The molecule has 0 heterocycles. The van der Waals surface area contributed by atoms with Gasteiger partial charge in [0.05, 0.1) is 6.61 Å². The van der Waals surface area contributed by atoms with Gasteiger partial charge in [-0.25, -0.2) is 4.79 Å². The zero-order valence-corrected chi connectivity index (χ0v) is 7.01. The number of halogens is 1. The second-order valence-corrected chi connectivity index (χ2v) is 1.47. The van der Waals surface area contributed by atoms with Crippen LogP contribution in [0.3, 0.4) is 0 Å². The Kier molecular flexibility index (Phi) is 9.93. The third-order valence-corrected chi connectivity index (χ3v) is 0.723. The van der Waals surface area contributed by atoms with Gasteiger partial charge in [0.1, 0.15) is 0 Å². The molecule has 0 saturated carbocycles. The Morgan fingerprint density at radius 2 is 2.22 bits per heavy atom. The van der Waals surface area contributed by atoms with Crippen molar-refractivity contribution in [3.8, 4) is 0 Å². The molecule has 0 aliphatic carbocycles. The van der Waals surface area contributed by atoms with Crippen molar-refractivity contribution in [2.45, 2.75) is 19.8 Å². The van der Waals surface area contributed by atoms with Gasteiger partial charge in [0.25, 0.3) is 0 Å². The lowest BCUT2D eigenvalue weighted by Crippen LogP contribution is -2.00. The summed E-state index contributed by atoms with van der Waals surface area (Å²) < 4.78 is 4.20. The van der Waals surface area contributed by atoms with Gasteiger partial charge in [-0.2, -0.15) is 0 Å². The van der Waals surface area contributed by atoms with Gasteiger partial charge in [-0.3, -0.25) is 0 Å². The van der Waals surface area contributed by atoms with Gasteiger partial charge in [-0.05, 0) is 6.42 Å². The molecule has 0 aromatic heterocycles. The van der Waals surface area contributed by atoms with E-state index in [0.717, 1.165) is 12.8 Å². The van der Waals surface area contributed by atoms with Crippen molar-refractivity contribution in [2.75, 3.05) is 6.61 Å². The van der Waals surface area contributed by atoms with E-state index in [0.29, 0.717) is 6.61 Å². The molecule has 0 aromatic rings. The molecule has 3 nitrogen and oxygen atoms in total. The fraction of sp³-hybridized carbons (Fsp3) is 0.800. The first-order valence-corrected chi connectivity index (χ1v) is 2.63. The summed E-state index contributed by atoms with van der Waals surface area (Å²) in [5.41, 5.74) is 0. The fourth-order valence-corrected chi connectivity index (χ4v) is 0.304. The molecule has 1 N–H and O–H groups in total. The maximum atomic E-state index is 9.65. The summed E-state index contributed by atoms with van der Waals surface area (Å²) in [7, 11) is 0. The maximum absolute atomic E-state index is 9.65. The van der Waals surface area contributed by atoms with E-state index in [9.17, 15) is 4.79 Å². The molecule has 0 saturated heterocycles. The molecule has 0 aliphatic heterocycles. The van der Waals surface area contributed by atoms with E-state index in [2.05, 4.69) is 4.74 Å². The van der Waals surface area contributed by atoms with E-state index in [4.69, 9.17) is 5.11 Å². The SMILES string of the molecule is Br.CCCCOC(=O)O. The van der Waals surface area contributed by atoms with Gasteiger partial charge in [-0.15, -0.1) is 17.0 Å². The van der Waals surface area contributed by atoms with Crippen LogP contribution in [0.15, 0.2) is 0 Å². The van der Waals surface area contributed by atoms with Crippen molar-refractivity contribution in [1.82, 2.24) is 0 Å². The molecule has 0 rings (SSSR count). The number of carboxylic acid groups (broad SMARTS) is 1. The first-order chi connectivity index (χ1) is 3.77. The van der Waals surface area contributed by atoms with Crippen molar-refractivity contribution in [3.05, 3.63) is 0 Å². The number of rotatable bonds is 3. The molecule has 0 atom stereocenters. The average molecular weight is 199 g/mol. The predicted molar refractivity (Wildman–Crippen MR) is 39.2 cm³/mol. The van der Waals surface area contributed by atoms with E-state index >= 15 is 0 Å². The van der Waals surface area contributed by atoms with E-state index in [1.807, 2.05) is 6.92 Å². The van der Waals surface area contributed by atoms with Gasteiger partial charge in [-0.1, -0.05) is 13.3 Å². The molecule has 0 radical (unpaired) electrons. The standard InChI is InChI=1S/C5H10O3.BrH/c1-2-3-4-8-5(6)7;/h2-4H2,1H3,(H,6,7);1H. The number of unbranched alkanes of at least 4 members (excludes halogenated alkanes) is 1. The Labute approximate surface area is 64.8 Å². The molecule has 0 spiro atoms. The van der Waals surface area contributed by atoms with Crippen LogP contribution in [0.4, 0.5) is 4.79 Å². The van der Waals surface area contributed by atoms with E-state index < -0.39 is 6.16 Å². The predicted octanol–water partition coefficient (Wildman–Crippen LogP) is 2.06. The minimum absolute atomic E-state index is 0. The van der Waals surface area contributed by atoms with Crippen LogP contribution in [0, 0.1) is 0 Å². The second-order valence-electron chi connectivity index (χ2n) is 1.47. The molecule has 0 unspecified atom stereocenters. The van der Waals surface area contributed by atoms with Crippen LogP contribution >= 0.6 is 17.0 Å². The van der Waals surface area contributed by atoms with Crippen LogP contribution < -0.4 is 0 Å². The monoisotopic (exact) mass is 198 g/mol. The van der Waals surface area contributed by atoms with Crippen molar-refractivity contribution in [2.24, 2.45) is 0 Å². The Bertz CT molecular complexity index is 74.6. The van der Waals surface area contributed by atoms with E-state index in [-0.39, 0.29) is 17.0 Å². The maximum Gasteiger partial charge on any atom is 0.505 e. The lowest BCUT2D eigenvalue weighted by molar-refractivity contribution is 0.0905. The van der Waals surface area contributed by atoms with Crippen LogP contribution in [0.2, 0.25) is 0 Å². The van der Waals surface area contributed by atoms with Crippen molar-refractivity contribution in [1.29, 1.82) is 0 Å². The average Bonchev–Trinajstić information content (AvgIpc) is 1.66. The molecule has 9 heavy (non-hydrogen) atoms.